The van der Waals surface area contributed by atoms with Crippen LogP contribution in [0.15, 0.2) is 16.7 Å². The molecular weight excluding hydrogens is 289 g/mol. The van der Waals surface area contributed by atoms with E-state index in [0.717, 1.165) is 17.4 Å². The Morgan fingerprint density at radius 1 is 1.56 bits per heavy atom. The van der Waals surface area contributed by atoms with Gasteiger partial charge in [-0.15, -0.1) is 0 Å². The molecule has 1 fully saturated rings. The number of hydrazine groups is 1. The molecule has 1 aromatic rings. The van der Waals surface area contributed by atoms with Crippen LogP contribution in [0.4, 0.5) is 0 Å². The van der Waals surface area contributed by atoms with Gasteiger partial charge >= 0.3 is 0 Å². The normalized spacial score (nSPS) is 22.3. The first kappa shape index (κ1) is 12.3. The van der Waals surface area contributed by atoms with E-state index >= 15 is 0 Å². The third-order valence-corrected chi connectivity index (χ3v) is 4.13. The van der Waals surface area contributed by atoms with Crippen LogP contribution < -0.4 is 5.43 Å². The van der Waals surface area contributed by atoms with Gasteiger partial charge in [0.1, 0.15) is 5.15 Å². The molecule has 16 heavy (non-hydrogen) atoms. The van der Waals surface area contributed by atoms with Gasteiger partial charge in [-0.3, -0.25) is 5.43 Å². The summed E-state index contributed by atoms with van der Waals surface area (Å²) in [5.41, 5.74) is 4.46. The van der Waals surface area contributed by atoms with Gasteiger partial charge in [-0.1, -0.05) is 18.0 Å². The van der Waals surface area contributed by atoms with Gasteiger partial charge < -0.3 is 0 Å². The average Bonchev–Trinajstić information content (AvgIpc) is 2.32. The number of aromatic nitrogens is 1. The molecule has 1 atom stereocenters. The quantitative estimate of drug-likeness (QED) is 0.851. The van der Waals surface area contributed by atoms with Crippen molar-refractivity contribution in [2.75, 3.05) is 13.6 Å². The van der Waals surface area contributed by atoms with Gasteiger partial charge in [0.05, 0.1) is 10.5 Å². The van der Waals surface area contributed by atoms with E-state index in [1.807, 2.05) is 13.2 Å². The molecule has 2 heterocycles. The second kappa shape index (κ2) is 5.45. The second-order valence-corrected chi connectivity index (χ2v) is 5.18. The van der Waals surface area contributed by atoms with Gasteiger partial charge in [-0.05, 0) is 47.4 Å². The van der Waals surface area contributed by atoms with Crippen LogP contribution in [-0.4, -0.2) is 23.6 Å². The summed E-state index contributed by atoms with van der Waals surface area (Å²) in [5.74, 6) is 0. The van der Waals surface area contributed by atoms with Crippen molar-refractivity contribution in [3.63, 3.8) is 0 Å². The van der Waals surface area contributed by atoms with Crippen LogP contribution in [-0.2, 0) is 0 Å². The predicted molar refractivity (Wildman–Crippen MR) is 69.3 cm³/mol. The zero-order chi connectivity index (χ0) is 11.5. The van der Waals surface area contributed by atoms with Crippen molar-refractivity contribution in [1.29, 1.82) is 0 Å². The summed E-state index contributed by atoms with van der Waals surface area (Å²) < 4.78 is 0.869. The van der Waals surface area contributed by atoms with Crippen LogP contribution in [0.2, 0.25) is 5.15 Å². The van der Waals surface area contributed by atoms with Crippen molar-refractivity contribution in [1.82, 2.24) is 15.4 Å². The molecule has 0 bridgehead atoms. The van der Waals surface area contributed by atoms with E-state index in [1.165, 1.54) is 18.4 Å². The number of nitrogens with one attached hydrogen (secondary N) is 1. The Bertz CT molecular complexity index is 372. The third-order valence-electron chi connectivity index (χ3n) is 2.99. The minimum atomic E-state index is 0.403. The number of hydrogen-bond donors (Lipinski definition) is 1. The lowest BCUT2D eigenvalue weighted by Crippen LogP contribution is -2.41. The Morgan fingerprint density at radius 3 is 3.06 bits per heavy atom. The number of pyridine rings is 1. The Morgan fingerprint density at radius 2 is 2.38 bits per heavy atom. The number of nitrogens with zero attached hydrogens (tertiary/aromatic N) is 2. The minimum absolute atomic E-state index is 0.403. The summed E-state index contributed by atoms with van der Waals surface area (Å²) in [4.78, 5) is 4.19. The molecule has 0 radical (unpaired) electrons. The second-order valence-electron chi connectivity index (χ2n) is 3.97. The molecule has 0 saturated carbocycles. The molecule has 1 aliphatic rings. The highest BCUT2D eigenvalue weighted by atomic mass is 79.9. The van der Waals surface area contributed by atoms with Crippen molar-refractivity contribution in [2.24, 2.45) is 0 Å². The fourth-order valence-corrected chi connectivity index (χ4v) is 2.63. The maximum absolute atomic E-state index is 5.90. The van der Waals surface area contributed by atoms with E-state index in [0.29, 0.717) is 11.2 Å². The lowest BCUT2D eigenvalue weighted by molar-refractivity contribution is 0.0982. The Hall–Kier alpha value is -0.160. The van der Waals surface area contributed by atoms with E-state index in [1.54, 1.807) is 0 Å². The van der Waals surface area contributed by atoms with E-state index in [2.05, 4.69) is 37.4 Å². The van der Waals surface area contributed by atoms with Crippen molar-refractivity contribution >= 4 is 27.5 Å². The zero-order valence-corrected chi connectivity index (χ0v) is 11.6. The van der Waals surface area contributed by atoms with Crippen LogP contribution in [0.3, 0.4) is 0 Å². The lowest BCUT2D eigenvalue weighted by atomic mass is 9.98. The molecule has 0 spiro atoms. The van der Waals surface area contributed by atoms with Crippen LogP contribution in [0.1, 0.15) is 30.9 Å². The van der Waals surface area contributed by atoms with E-state index in [-0.39, 0.29) is 0 Å². The molecule has 88 valence electrons. The van der Waals surface area contributed by atoms with E-state index in [9.17, 15) is 0 Å². The van der Waals surface area contributed by atoms with Crippen molar-refractivity contribution < 1.29 is 0 Å². The number of hydrogen-bond acceptors (Lipinski definition) is 3. The topological polar surface area (TPSA) is 28.2 Å². The first-order valence-corrected chi connectivity index (χ1v) is 6.64. The summed E-state index contributed by atoms with van der Waals surface area (Å²) >= 11 is 9.32. The van der Waals surface area contributed by atoms with Gasteiger partial charge in [0.15, 0.2) is 0 Å². The average molecular weight is 305 g/mol. The highest BCUT2D eigenvalue weighted by molar-refractivity contribution is 9.10. The largest absolute Gasteiger partial charge is 0.258 e. The van der Waals surface area contributed by atoms with Crippen LogP contribution in [0, 0.1) is 0 Å². The maximum atomic E-state index is 5.90. The number of piperidine rings is 1. The van der Waals surface area contributed by atoms with Gasteiger partial charge in [-0.25, -0.2) is 9.99 Å². The maximum Gasteiger partial charge on any atom is 0.143 e. The fourth-order valence-electron chi connectivity index (χ4n) is 2.16. The molecule has 1 aromatic heterocycles. The Labute approximate surface area is 109 Å². The van der Waals surface area contributed by atoms with Crippen molar-refractivity contribution in [3.05, 3.63) is 27.5 Å². The molecule has 1 aliphatic heterocycles. The monoisotopic (exact) mass is 303 g/mol. The third kappa shape index (κ3) is 2.56. The molecule has 3 nitrogen and oxygen atoms in total. The molecule has 5 heteroatoms. The van der Waals surface area contributed by atoms with Gasteiger partial charge in [0, 0.05) is 12.7 Å². The van der Waals surface area contributed by atoms with Crippen LogP contribution >= 0.6 is 27.5 Å². The van der Waals surface area contributed by atoms with Gasteiger partial charge in [0.2, 0.25) is 0 Å². The first-order valence-electron chi connectivity index (χ1n) is 5.47. The predicted octanol–water partition coefficient (Wildman–Crippen LogP) is 3.16. The summed E-state index contributed by atoms with van der Waals surface area (Å²) in [6, 6.07) is 2.47. The molecule has 0 amide bonds. The molecule has 1 saturated heterocycles. The highest BCUT2D eigenvalue weighted by Gasteiger charge is 2.23. The lowest BCUT2D eigenvalue weighted by Gasteiger charge is -2.35. The SMILES string of the molecule is CNN1CCCC[C@H]1c1cnc(Cl)c(Br)c1. The molecule has 1 N–H and O–H groups in total. The van der Waals surface area contributed by atoms with Crippen LogP contribution in [0.25, 0.3) is 0 Å². The van der Waals surface area contributed by atoms with Crippen LogP contribution in [0.5, 0.6) is 0 Å². The molecule has 0 aliphatic carbocycles. The van der Waals surface area contributed by atoms with Gasteiger partial charge in [0.25, 0.3) is 0 Å². The Kier molecular flexibility index (Phi) is 4.19. The fraction of sp³-hybridized carbons (Fsp3) is 0.545. The molecule has 0 aromatic carbocycles. The molecular formula is C11H15BrClN3. The van der Waals surface area contributed by atoms with E-state index in [4.69, 9.17) is 11.6 Å². The van der Waals surface area contributed by atoms with E-state index < -0.39 is 0 Å². The smallest absolute Gasteiger partial charge is 0.143 e. The van der Waals surface area contributed by atoms with Gasteiger partial charge in [-0.2, -0.15) is 0 Å². The van der Waals surface area contributed by atoms with Crippen molar-refractivity contribution in [3.8, 4) is 0 Å². The Balaban J connectivity index is 2.23. The first-order chi connectivity index (χ1) is 7.72. The zero-order valence-electron chi connectivity index (χ0n) is 9.21. The summed E-state index contributed by atoms with van der Waals surface area (Å²) in [6.07, 6.45) is 5.55. The van der Waals surface area contributed by atoms with Crippen molar-refractivity contribution in [2.45, 2.75) is 25.3 Å². The number of rotatable bonds is 2. The minimum Gasteiger partial charge on any atom is -0.258 e. The number of halogens is 2. The highest BCUT2D eigenvalue weighted by Crippen LogP contribution is 2.31. The summed E-state index contributed by atoms with van der Waals surface area (Å²) in [7, 11) is 1.97. The summed E-state index contributed by atoms with van der Waals surface area (Å²) in [6.45, 7) is 1.08. The molecule has 0 unspecified atom stereocenters. The molecule has 2 rings (SSSR count). The summed E-state index contributed by atoms with van der Waals surface area (Å²) in [5, 5.41) is 2.79. The standard InChI is InChI=1S/C11H15BrClN3/c1-14-16-5-3-2-4-10(16)8-6-9(12)11(13)15-7-8/h6-7,10,14H,2-5H2,1H3/t10-/m0/s1.